The number of carbonyl (C=O) groups is 2. The molecule has 5 aromatic carbocycles. The number of hydrogen-bond donors (Lipinski definition) is 0. The van der Waals surface area contributed by atoms with Gasteiger partial charge in [0.25, 0.3) is 0 Å². The Bertz CT molecular complexity index is 1740. The molecule has 0 spiro atoms. The molecule has 0 fully saturated rings. The van der Waals surface area contributed by atoms with Gasteiger partial charge in [0.05, 0.1) is 0 Å². The standard InChI is InChI=1S/C38H26O2S2/c1-27(39)41-37-20-16-29(17-21-37)12-14-31-6-3-8-33(24-31)35-10-5-11-36(26-35)34-9-4-7-32(25-34)15-13-30-18-22-38(23-19-30)42-28(2)40/h3-11,16-26H,1-2H3. The summed E-state index contributed by atoms with van der Waals surface area (Å²) in [6, 6.07) is 40.4. The third kappa shape index (κ3) is 8.15. The highest BCUT2D eigenvalue weighted by Crippen LogP contribution is 2.28. The van der Waals surface area contributed by atoms with Crippen molar-refractivity contribution in [2.45, 2.75) is 23.6 Å². The highest BCUT2D eigenvalue weighted by Gasteiger charge is 2.04. The van der Waals surface area contributed by atoms with Gasteiger partial charge < -0.3 is 0 Å². The zero-order chi connectivity index (χ0) is 29.3. The van der Waals surface area contributed by atoms with Crippen LogP contribution in [0, 0.1) is 23.7 Å². The molecular formula is C38H26O2S2. The molecule has 0 atom stereocenters. The first-order chi connectivity index (χ1) is 20.4. The van der Waals surface area contributed by atoms with Crippen molar-refractivity contribution < 1.29 is 9.59 Å². The topological polar surface area (TPSA) is 34.1 Å². The Morgan fingerprint density at radius 3 is 1.14 bits per heavy atom. The molecule has 0 saturated heterocycles. The van der Waals surface area contributed by atoms with E-state index in [-0.39, 0.29) is 10.2 Å². The summed E-state index contributed by atoms with van der Waals surface area (Å²) < 4.78 is 0. The average Bonchev–Trinajstić information content (AvgIpc) is 3.00. The molecule has 0 saturated carbocycles. The Labute approximate surface area is 255 Å². The van der Waals surface area contributed by atoms with Gasteiger partial charge in [-0.2, -0.15) is 0 Å². The molecule has 0 aliphatic rings. The molecule has 2 nitrogen and oxygen atoms in total. The number of benzene rings is 5. The number of thioether (sulfide) groups is 2. The molecule has 42 heavy (non-hydrogen) atoms. The van der Waals surface area contributed by atoms with Crippen LogP contribution in [0.3, 0.4) is 0 Å². The summed E-state index contributed by atoms with van der Waals surface area (Å²) >= 11 is 2.44. The molecule has 0 aromatic heterocycles. The van der Waals surface area contributed by atoms with E-state index >= 15 is 0 Å². The van der Waals surface area contributed by atoms with Gasteiger partial charge in [-0.25, -0.2) is 0 Å². The quantitative estimate of drug-likeness (QED) is 0.157. The smallest absolute Gasteiger partial charge is 0.190 e. The zero-order valence-corrected chi connectivity index (χ0v) is 24.8. The average molecular weight is 579 g/mol. The van der Waals surface area contributed by atoms with Crippen LogP contribution in [0.1, 0.15) is 36.1 Å². The van der Waals surface area contributed by atoms with E-state index in [1.54, 1.807) is 13.8 Å². The summed E-state index contributed by atoms with van der Waals surface area (Å²) in [5.74, 6) is 13.0. The van der Waals surface area contributed by atoms with Gasteiger partial charge in [0.1, 0.15) is 0 Å². The van der Waals surface area contributed by atoms with E-state index in [2.05, 4.69) is 72.2 Å². The predicted molar refractivity (Wildman–Crippen MR) is 175 cm³/mol. The third-order valence-corrected chi connectivity index (χ3v) is 7.78. The largest absolute Gasteiger partial charge is 0.287 e. The van der Waals surface area contributed by atoms with Crippen LogP contribution < -0.4 is 0 Å². The van der Waals surface area contributed by atoms with E-state index in [4.69, 9.17) is 0 Å². The minimum absolute atomic E-state index is 0.0699. The minimum atomic E-state index is 0.0699. The van der Waals surface area contributed by atoms with Crippen LogP contribution in [0.2, 0.25) is 0 Å². The summed E-state index contributed by atoms with van der Waals surface area (Å²) in [5, 5.41) is 0.140. The monoisotopic (exact) mass is 578 g/mol. The molecule has 4 heteroatoms. The Balaban J connectivity index is 1.33. The van der Waals surface area contributed by atoms with Crippen molar-refractivity contribution in [3.63, 3.8) is 0 Å². The van der Waals surface area contributed by atoms with Gasteiger partial charge in [0.15, 0.2) is 10.2 Å². The summed E-state index contributed by atoms with van der Waals surface area (Å²) in [5.41, 5.74) is 8.10. The van der Waals surface area contributed by atoms with E-state index in [0.717, 1.165) is 54.3 Å². The highest BCUT2D eigenvalue weighted by molar-refractivity contribution is 8.13. The van der Waals surface area contributed by atoms with Crippen LogP contribution in [0.4, 0.5) is 0 Å². The van der Waals surface area contributed by atoms with Gasteiger partial charge >= 0.3 is 0 Å². The molecule has 0 amide bonds. The van der Waals surface area contributed by atoms with Gasteiger partial charge in [-0.15, -0.1) is 0 Å². The molecule has 0 N–H and O–H groups in total. The molecular weight excluding hydrogens is 553 g/mol. The van der Waals surface area contributed by atoms with Crippen molar-refractivity contribution in [1.29, 1.82) is 0 Å². The molecule has 0 aliphatic carbocycles. The van der Waals surface area contributed by atoms with Crippen molar-refractivity contribution in [2.75, 3.05) is 0 Å². The Kier molecular flexibility index (Phi) is 9.42. The lowest BCUT2D eigenvalue weighted by molar-refractivity contribution is -0.109. The summed E-state index contributed by atoms with van der Waals surface area (Å²) in [7, 11) is 0. The van der Waals surface area contributed by atoms with Crippen LogP contribution in [-0.2, 0) is 9.59 Å². The van der Waals surface area contributed by atoms with Gasteiger partial charge in [-0.3, -0.25) is 9.59 Å². The van der Waals surface area contributed by atoms with Crippen molar-refractivity contribution >= 4 is 33.8 Å². The normalized spacial score (nSPS) is 10.1. The molecule has 0 bridgehead atoms. The Hall–Kier alpha value is -4.74. The zero-order valence-electron chi connectivity index (χ0n) is 23.2. The highest BCUT2D eigenvalue weighted by atomic mass is 32.2. The second-order valence-corrected chi connectivity index (χ2v) is 12.0. The van der Waals surface area contributed by atoms with Crippen LogP contribution in [0.5, 0.6) is 0 Å². The number of hydrogen-bond acceptors (Lipinski definition) is 4. The number of rotatable bonds is 4. The summed E-state index contributed by atoms with van der Waals surface area (Å²) in [6.45, 7) is 3.13. The Morgan fingerprint density at radius 1 is 0.429 bits per heavy atom. The molecule has 0 radical (unpaired) electrons. The first-order valence-corrected chi connectivity index (χ1v) is 15.0. The fraction of sp³-hybridized carbons (Fsp3) is 0.0526. The fourth-order valence-electron chi connectivity index (χ4n) is 4.26. The van der Waals surface area contributed by atoms with E-state index in [0.29, 0.717) is 0 Å². The molecule has 0 aliphatic heterocycles. The maximum Gasteiger partial charge on any atom is 0.190 e. The minimum Gasteiger partial charge on any atom is -0.287 e. The van der Waals surface area contributed by atoms with Crippen LogP contribution in [0.25, 0.3) is 22.3 Å². The first-order valence-electron chi connectivity index (χ1n) is 13.3. The van der Waals surface area contributed by atoms with Crippen molar-refractivity contribution in [2.24, 2.45) is 0 Å². The molecule has 202 valence electrons. The van der Waals surface area contributed by atoms with Crippen LogP contribution in [-0.4, -0.2) is 10.2 Å². The van der Waals surface area contributed by atoms with E-state index in [9.17, 15) is 9.59 Å². The van der Waals surface area contributed by atoms with Crippen molar-refractivity contribution in [3.8, 4) is 45.9 Å². The summed E-state index contributed by atoms with van der Waals surface area (Å²) in [4.78, 5) is 24.4. The summed E-state index contributed by atoms with van der Waals surface area (Å²) in [6.07, 6.45) is 0. The van der Waals surface area contributed by atoms with E-state index in [1.165, 1.54) is 23.5 Å². The molecule has 5 rings (SSSR count). The predicted octanol–water partition coefficient (Wildman–Crippen LogP) is 9.10. The molecule has 0 heterocycles. The maximum absolute atomic E-state index is 11.3. The van der Waals surface area contributed by atoms with Crippen molar-refractivity contribution in [1.82, 2.24) is 0 Å². The third-order valence-electron chi connectivity index (χ3n) is 6.19. The second kappa shape index (κ2) is 13.7. The lowest BCUT2D eigenvalue weighted by Gasteiger charge is -2.07. The Morgan fingerprint density at radius 2 is 0.762 bits per heavy atom. The molecule has 5 aromatic rings. The van der Waals surface area contributed by atoms with Crippen LogP contribution >= 0.6 is 23.5 Å². The van der Waals surface area contributed by atoms with E-state index in [1.807, 2.05) is 72.8 Å². The maximum atomic E-state index is 11.3. The molecule has 0 unspecified atom stereocenters. The van der Waals surface area contributed by atoms with Gasteiger partial charge in [-0.1, -0.05) is 89.7 Å². The van der Waals surface area contributed by atoms with Crippen LogP contribution in [0.15, 0.2) is 131 Å². The van der Waals surface area contributed by atoms with E-state index < -0.39 is 0 Å². The first kappa shape index (κ1) is 28.8. The fourth-order valence-corrected chi connectivity index (χ4v) is 5.47. The number of carbonyl (C=O) groups excluding carboxylic acids is 2. The second-order valence-electron chi connectivity index (χ2n) is 9.48. The lowest BCUT2D eigenvalue weighted by atomic mass is 9.97. The van der Waals surface area contributed by atoms with Crippen molar-refractivity contribution in [3.05, 3.63) is 144 Å². The van der Waals surface area contributed by atoms with Gasteiger partial charge in [0.2, 0.25) is 0 Å². The van der Waals surface area contributed by atoms with Gasteiger partial charge in [0, 0.05) is 45.9 Å². The SMILES string of the molecule is CC(=O)Sc1ccc(C#Cc2cccc(-c3cccc(-c4cccc(C#Cc5ccc(SC(C)=O)cc5)c4)c3)c2)cc1. The lowest BCUT2D eigenvalue weighted by Crippen LogP contribution is -1.85. The van der Waals surface area contributed by atoms with Gasteiger partial charge in [-0.05, 0) is 101 Å².